The summed E-state index contributed by atoms with van der Waals surface area (Å²) in [4.78, 5) is 23.5. The lowest BCUT2D eigenvalue weighted by molar-refractivity contribution is -0.159. The quantitative estimate of drug-likeness (QED) is 0.221. The molecule has 0 aromatic carbocycles. The van der Waals surface area contributed by atoms with Crippen LogP contribution in [0.4, 0.5) is 0 Å². The van der Waals surface area contributed by atoms with Gasteiger partial charge in [0.15, 0.2) is 0 Å². The van der Waals surface area contributed by atoms with Crippen molar-refractivity contribution in [1.82, 2.24) is 0 Å². The molecule has 3 aliphatic rings. The molecule has 0 aliphatic heterocycles. The highest BCUT2D eigenvalue weighted by Gasteiger charge is 2.59. The molecule has 3 aliphatic carbocycles. The van der Waals surface area contributed by atoms with Crippen molar-refractivity contribution < 1.29 is 29.7 Å². The predicted octanol–water partition coefficient (Wildman–Crippen LogP) is 3.02. The first kappa shape index (κ1) is 24.6. The summed E-state index contributed by atoms with van der Waals surface area (Å²) in [5, 5.41) is 30.4. The fraction of sp³-hybridized carbons (Fsp3) is 0.864. The van der Waals surface area contributed by atoms with Gasteiger partial charge in [-0.3, -0.25) is 0 Å². The summed E-state index contributed by atoms with van der Waals surface area (Å²) in [6.07, 6.45) is 15.2. The lowest BCUT2D eigenvalue weighted by Crippen LogP contribution is -2.51. The summed E-state index contributed by atoms with van der Waals surface area (Å²) >= 11 is 0. The Morgan fingerprint density at radius 2 is 1.73 bits per heavy atom. The van der Waals surface area contributed by atoms with Crippen LogP contribution in [0, 0.1) is 23.2 Å². The van der Waals surface area contributed by atoms with Gasteiger partial charge >= 0.3 is 11.9 Å². The Bertz CT molecular complexity index is 594. The summed E-state index contributed by atoms with van der Waals surface area (Å²) in [5.74, 6) is -1.71. The van der Waals surface area contributed by atoms with E-state index in [1.165, 1.54) is 38.5 Å². The lowest BCUT2D eigenvalue weighted by Gasteiger charge is -2.50. The number of carboxylic acid groups (broad SMARTS) is 2. The molecule has 0 bridgehead atoms. The number of fused-ring (bicyclic) bond motifs is 1. The molecule has 172 valence electrons. The predicted molar refractivity (Wildman–Crippen MR) is 113 cm³/mol. The van der Waals surface area contributed by atoms with E-state index in [-0.39, 0.29) is 5.41 Å². The SMILES string of the molecule is C[C@]12CC[C@H](C3CCCCC3)C[C@@]1(O)CC[C@@H]2/C=N/OCCCN.O=C(O)C(=O)O. The van der Waals surface area contributed by atoms with Crippen LogP contribution in [-0.4, -0.2) is 52.2 Å². The molecule has 0 unspecified atom stereocenters. The zero-order chi connectivity index (χ0) is 22.2. The van der Waals surface area contributed by atoms with Crippen molar-refractivity contribution in [2.75, 3.05) is 13.2 Å². The molecule has 3 saturated carbocycles. The van der Waals surface area contributed by atoms with Crippen LogP contribution in [0.2, 0.25) is 0 Å². The number of hydrogen-bond donors (Lipinski definition) is 4. The molecule has 3 fully saturated rings. The molecule has 0 spiro atoms. The van der Waals surface area contributed by atoms with Crippen molar-refractivity contribution in [3.8, 4) is 0 Å². The van der Waals surface area contributed by atoms with Gasteiger partial charge in [0.2, 0.25) is 0 Å². The Morgan fingerprint density at radius 1 is 1.07 bits per heavy atom. The van der Waals surface area contributed by atoms with E-state index in [0.717, 1.165) is 43.9 Å². The summed E-state index contributed by atoms with van der Waals surface area (Å²) in [6, 6.07) is 0. The summed E-state index contributed by atoms with van der Waals surface area (Å²) in [7, 11) is 0. The molecule has 0 amide bonds. The third-order valence-corrected chi connectivity index (χ3v) is 7.64. The number of oxime groups is 1. The molecule has 0 aromatic heterocycles. The van der Waals surface area contributed by atoms with Crippen molar-refractivity contribution >= 4 is 18.2 Å². The number of aliphatic carboxylic acids is 2. The van der Waals surface area contributed by atoms with Gasteiger partial charge in [-0.25, -0.2) is 9.59 Å². The van der Waals surface area contributed by atoms with Crippen LogP contribution in [0.25, 0.3) is 0 Å². The van der Waals surface area contributed by atoms with Crippen molar-refractivity contribution in [3.63, 3.8) is 0 Å². The van der Waals surface area contributed by atoms with Gasteiger partial charge in [-0.15, -0.1) is 0 Å². The second kappa shape index (κ2) is 11.1. The molecule has 3 rings (SSSR count). The number of aliphatic hydroxyl groups is 1. The number of hydrogen-bond acceptors (Lipinski definition) is 6. The second-order valence-corrected chi connectivity index (χ2v) is 9.34. The summed E-state index contributed by atoms with van der Waals surface area (Å²) < 4.78 is 0. The standard InChI is InChI=1S/C20H36N2O2.C2H2O4/c1-19-10-8-17(16-6-3-2-4-7-16)14-20(19,23)11-9-18(19)15-22-24-13-5-12-21;3-1(4)2(5)6/h15-18,23H,2-14,21H2,1H3;(H,3,4)(H,5,6)/b22-15+;/t17-,18+,19+,20-;/m0./s1. The normalized spacial score (nSPS) is 34.1. The Balaban J connectivity index is 0.000000469. The van der Waals surface area contributed by atoms with Crippen molar-refractivity contribution in [1.29, 1.82) is 0 Å². The lowest BCUT2D eigenvalue weighted by atomic mass is 9.57. The van der Waals surface area contributed by atoms with Crippen LogP contribution >= 0.6 is 0 Å². The van der Waals surface area contributed by atoms with Gasteiger partial charge in [0, 0.05) is 17.5 Å². The molecule has 8 heteroatoms. The fourth-order valence-corrected chi connectivity index (χ4v) is 5.68. The van der Waals surface area contributed by atoms with E-state index in [9.17, 15) is 5.11 Å². The van der Waals surface area contributed by atoms with E-state index < -0.39 is 17.5 Å². The Kier molecular flexibility index (Phi) is 9.09. The van der Waals surface area contributed by atoms with E-state index in [1.54, 1.807) is 0 Å². The minimum absolute atomic E-state index is 0.0289. The molecular formula is C22H38N2O6. The number of rotatable bonds is 6. The molecule has 0 radical (unpaired) electrons. The molecule has 0 heterocycles. The molecule has 0 aromatic rings. The first-order valence-corrected chi connectivity index (χ1v) is 11.3. The van der Waals surface area contributed by atoms with E-state index in [2.05, 4.69) is 12.1 Å². The highest BCUT2D eigenvalue weighted by Crippen LogP contribution is 2.60. The number of carboxylic acids is 2. The van der Waals surface area contributed by atoms with Crippen molar-refractivity contribution in [2.45, 2.75) is 83.2 Å². The highest BCUT2D eigenvalue weighted by atomic mass is 16.6. The summed E-state index contributed by atoms with van der Waals surface area (Å²) in [5.41, 5.74) is 4.94. The average Bonchev–Trinajstić information content (AvgIpc) is 2.99. The van der Waals surface area contributed by atoms with Crippen molar-refractivity contribution in [3.05, 3.63) is 0 Å². The van der Waals surface area contributed by atoms with E-state index in [4.69, 9.17) is 30.4 Å². The van der Waals surface area contributed by atoms with E-state index in [0.29, 0.717) is 19.1 Å². The molecule has 0 saturated heterocycles. The van der Waals surface area contributed by atoms with Crippen molar-refractivity contribution in [2.24, 2.45) is 34.1 Å². The molecule has 5 N–H and O–H groups in total. The molecule has 8 nitrogen and oxygen atoms in total. The third-order valence-electron chi connectivity index (χ3n) is 7.64. The van der Waals surface area contributed by atoms with Crippen LogP contribution in [0.1, 0.15) is 77.6 Å². The molecule has 30 heavy (non-hydrogen) atoms. The maximum atomic E-state index is 11.5. The summed E-state index contributed by atoms with van der Waals surface area (Å²) in [6.45, 7) is 3.51. The zero-order valence-corrected chi connectivity index (χ0v) is 18.1. The zero-order valence-electron chi connectivity index (χ0n) is 18.1. The minimum atomic E-state index is -1.82. The van der Waals surface area contributed by atoms with Gasteiger partial charge in [-0.2, -0.15) is 0 Å². The Morgan fingerprint density at radius 3 is 2.33 bits per heavy atom. The van der Waals surface area contributed by atoms with Gasteiger partial charge in [0.05, 0.1) is 5.60 Å². The second-order valence-electron chi connectivity index (χ2n) is 9.34. The highest BCUT2D eigenvalue weighted by molar-refractivity contribution is 6.27. The van der Waals surface area contributed by atoms with Gasteiger partial charge in [-0.05, 0) is 56.9 Å². The van der Waals surface area contributed by atoms with Gasteiger partial charge in [-0.1, -0.05) is 44.2 Å². The Labute approximate surface area is 178 Å². The van der Waals surface area contributed by atoms with E-state index in [1.807, 2.05) is 6.21 Å². The van der Waals surface area contributed by atoms with Gasteiger partial charge in [0.25, 0.3) is 0 Å². The molecular weight excluding hydrogens is 388 g/mol. The number of carbonyl (C=O) groups is 2. The van der Waals surface area contributed by atoms with Crippen LogP contribution in [0.5, 0.6) is 0 Å². The Hall–Kier alpha value is -1.67. The minimum Gasteiger partial charge on any atom is -0.473 e. The van der Waals surface area contributed by atoms with Crippen LogP contribution < -0.4 is 5.73 Å². The average molecular weight is 427 g/mol. The maximum absolute atomic E-state index is 11.5. The topological polar surface area (TPSA) is 142 Å². The van der Waals surface area contributed by atoms with Gasteiger partial charge in [0.1, 0.15) is 6.61 Å². The smallest absolute Gasteiger partial charge is 0.414 e. The van der Waals surface area contributed by atoms with E-state index >= 15 is 0 Å². The third kappa shape index (κ3) is 5.94. The van der Waals surface area contributed by atoms with Crippen LogP contribution in [0.15, 0.2) is 5.16 Å². The first-order chi connectivity index (χ1) is 14.2. The number of nitrogens with zero attached hydrogens (tertiary/aromatic N) is 1. The fourth-order valence-electron chi connectivity index (χ4n) is 5.68. The largest absolute Gasteiger partial charge is 0.473 e. The molecule has 4 atom stereocenters. The first-order valence-electron chi connectivity index (χ1n) is 11.3. The van der Waals surface area contributed by atoms with Crippen LogP contribution in [-0.2, 0) is 14.4 Å². The number of nitrogens with two attached hydrogens (primary N) is 1. The van der Waals surface area contributed by atoms with Gasteiger partial charge < -0.3 is 25.9 Å². The van der Waals surface area contributed by atoms with Crippen LogP contribution in [0.3, 0.4) is 0 Å². The maximum Gasteiger partial charge on any atom is 0.414 e. The monoisotopic (exact) mass is 426 g/mol.